The van der Waals surface area contributed by atoms with Crippen molar-refractivity contribution in [3.05, 3.63) is 10.0 Å². The van der Waals surface area contributed by atoms with Gasteiger partial charge in [-0.15, -0.1) is 10.2 Å². The molecule has 0 amide bonds. The average Bonchev–Trinajstić information content (AvgIpc) is 2.80. The zero-order chi connectivity index (χ0) is 13.2. The van der Waals surface area contributed by atoms with Gasteiger partial charge in [0.2, 0.25) is 5.92 Å². The first-order valence-electron chi connectivity index (χ1n) is 6.44. The number of nitrogens with one attached hydrogen (secondary N) is 1. The summed E-state index contributed by atoms with van der Waals surface area (Å²) < 4.78 is 26.2. The smallest absolute Gasteiger partial charge is 0.248 e. The summed E-state index contributed by atoms with van der Waals surface area (Å²) in [5.74, 6) is -2.30. The SMILES string of the molecule is CCC(NC)c1nnc(C2CCC(F)(F)CC2)s1. The first-order valence-corrected chi connectivity index (χ1v) is 7.25. The van der Waals surface area contributed by atoms with E-state index in [4.69, 9.17) is 0 Å². The molecule has 18 heavy (non-hydrogen) atoms. The maximum Gasteiger partial charge on any atom is 0.248 e. The summed E-state index contributed by atoms with van der Waals surface area (Å²) >= 11 is 1.57. The van der Waals surface area contributed by atoms with E-state index >= 15 is 0 Å². The van der Waals surface area contributed by atoms with Crippen LogP contribution in [0.1, 0.15) is 61.0 Å². The van der Waals surface area contributed by atoms with Crippen LogP contribution in [0.2, 0.25) is 0 Å². The summed E-state index contributed by atoms with van der Waals surface area (Å²) in [4.78, 5) is 0. The maximum atomic E-state index is 13.1. The number of alkyl halides is 2. The Hall–Kier alpha value is -0.620. The summed E-state index contributed by atoms with van der Waals surface area (Å²) in [5.41, 5.74) is 0. The van der Waals surface area contributed by atoms with Crippen LogP contribution >= 0.6 is 11.3 Å². The van der Waals surface area contributed by atoms with Crippen LogP contribution in [0.15, 0.2) is 0 Å². The minimum atomic E-state index is -2.47. The normalized spacial score (nSPS) is 22.0. The highest BCUT2D eigenvalue weighted by molar-refractivity contribution is 7.11. The second-order valence-corrected chi connectivity index (χ2v) is 5.90. The number of halogens is 2. The summed E-state index contributed by atoms with van der Waals surface area (Å²) in [5, 5.41) is 13.5. The van der Waals surface area contributed by atoms with Crippen LogP contribution in [0.25, 0.3) is 0 Å². The number of aromatic nitrogens is 2. The van der Waals surface area contributed by atoms with Crippen LogP contribution in [-0.4, -0.2) is 23.2 Å². The molecule has 0 bridgehead atoms. The number of nitrogens with zero attached hydrogens (tertiary/aromatic N) is 2. The van der Waals surface area contributed by atoms with Crippen LogP contribution in [0.3, 0.4) is 0 Å². The Kier molecular flexibility index (Phi) is 4.27. The summed E-state index contributed by atoms with van der Waals surface area (Å²) in [6.07, 6.45) is 1.97. The van der Waals surface area contributed by atoms with Gasteiger partial charge in [-0.1, -0.05) is 18.3 Å². The molecule has 1 aliphatic rings. The lowest BCUT2D eigenvalue weighted by molar-refractivity contribution is -0.0382. The molecule has 0 aliphatic heterocycles. The molecule has 0 saturated heterocycles. The van der Waals surface area contributed by atoms with Gasteiger partial charge in [-0.05, 0) is 26.3 Å². The van der Waals surface area contributed by atoms with Gasteiger partial charge < -0.3 is 5.32 Å². The van der Waals surface area contributed by atoms with E-state index in [1.54, 1.807) is 11.3 Å². The van der Waals surface area contributed by atoms with E-state index in [-0.39, 0.29) is 24.8 Å². The summed E-state index contributed by atoms with van der Waals surface area (Å²) in [6, 6.07) is 0.223. The van der Waals surface area contributed by atoms with Crippen LogP contribution in [-0.2, 0) is 0 Å². The molecule has 1 fully saturated rings. The maximum absolute atomic E-state index is 13.1. The molecule has 0 radical (unpaired) electrons. The van der Waals surface area contributed by atoms with Crippen LogP contribution in [0.5, 0.6) is 0 Å². The molecule has 3 nitrogen and oxygen atoms in total. The molecular formula is C12H19F2N3S. The fourth-order valence-corrected chi connectivity index (χ4v) is 3.55. The van der Waals surface area contributed by atoms with Crippen molar-refractivity contribution >= 4 is 11.3 Å². The summed E-state index contributed by atoms with van der Waals surface area (Å²) in [7, 11) is 1.90. The Morgan fingerprint density at radius 2 is 2.06 bits per heavy atom. The lowest BCUT2D eigenvalue weighted by Gasteiger charge is -2.26. The fraction of sp³-hybridized carbons (Fsp3) is 0.833. The highest BCUT2D eigenvalue weighted by atomic mass is 32.1. The first-order chi connectivity index (χ1) is 8.55. The molecule has 1 unspecified atom stereocenters. The average molecular weight is 275 g/mol. The second kappa shape index (κ2) is 5.57. The van der Waals surface area contributed by atoms with E-state index in [2.05, 4.69) is 22.4 Å². The molecular weight excluding hydrogens is 256 g/mol. The lowest BCUT2D eigenvalue weighted by Crippen LogP contribution is -2.23. The van der Waals surface area contributed by atoms with Crippen molar-refractivity contribution in [1.82, 2.24) is 15.5 Å². The standard InChI is InChI=1S/C12H19F2N3S/c1-3-9(15-2)11-17-16-10(18-11)8-4-6-12(13,14)7-5-8/h8-9,15H,3-7H2,1-2H3. The van der Waals surface area contributed by atoms with Crippen LogP contribution in [0.4, 0.5) is 8.78 Å². The molecule has 1 heterocycles. The third-order valence-corrected chi connectivity index (χ3v) is 4.78. The molecule has 1 aromatic heterocycles. The number of rotatable bonds is 4. The van der Waals surface area contributed by atoms with Crippen molar-refractivity contribution in [2.75, 3.05) is 7.05 Å². The molecule has 2 rings (SSSR count). The fourth-order valence-electron chi connectivity index (χ4n) is 2.34. The molecule has 1 aliphatic carbocycles. The number of hydrogen-bond acceptors (Lipinski definition) is 4. The second-order valence-electron chi connectivity index (χ2n) is 4.86. The Morgan fingerprint density at radius 3 is 2.61 bits per heavy atom. The Labute approximate surface area is 110 Å². The topological polar surface area (TPSA) is 37.8 Å². The molecule has 102 valence electrons. The van der Waals surface area contributed by atoms with Crippen molar-refractivity contribution in [1.29, 1.82) is 0 Å². The largest absolute Gasteiger partial charge is 0.311 e. The third kappa shape index (κ3) is 3.03. The molecule has 1 aromatic rings. The zero-order valence-electron chi connectivity index (χ0n) is 10.7. The lowest BCUT2D eigenvalue weighted by atomic mass is 9.87. The number of hydrogen-bond donors (Lipinski definition) is 1. The van der Waals surface area contributed by atoms with E-state index in [9.17, 15) is 8.78 Å². The van der Waals surface area contributed by atoms with Gasteiger partial charge in [0.15, 0.2) is 0 Å². The van der Waals surface area contributed by atoms with Gasteiger partial charge in [0.05, 0.1) is 6.04 Å². The van der Waals surface area contributed by atoms with Crippen molar-refractivity contribution in [2.24, 2.45) is 0 Å². The van der Waals surface area contributed by atoms with E-state index in [0.717, 1.165) is 16.4 Å². The van der Waals surface area contributed by atoms with Gasteiger partial charge in [0.25, 0.3) is 0 Å². The monoisotopic (exact) mass is 275 g/mol. The van der Waals surface area contributed by atoms with Crippen molar-refractivity contribution < 1.29 is 8.78 Å². The summed E-state index contributed by atoms with van der Waals surface area (Å²) in [6.45, 7) is 2.09. The van der Waals surface area contributed by atoms with Crippen LogP contribution < -0.4 is 5.32 Å². The molecule has 1 atom stereocenters. The molecule has 1 saturated carbocycles. The quantitative estimate of drug-likeness (QED) is 0.914. The zero-order valence-corrected chi connectivity index (χ0v) is 11.6. The molecule has 1 N–H and O–H groups in total. The minimum absolute atomic E-state index is 0.0180. The third-order valence-electron chi connectivity index (χ3n) is 3.58. The van der Waals surface area contributed by atoms with E-state index in [0.29, 0.717) is 12.8 Å². The molecule has 6 heteroatoms. The predicted molar refractivity (Wildman–Crippen MR) is 68.2 cm³/mol. The molecule has 0 aromatic carbocycles. The van der Waals surface area contributed by atoms with Gasteiger partial charge >= 0.3 is 0 Å². The van der Waals surface area contributed by atoms with E-state index in [1.807, 2.05) is 7.05 Å². The minimum Gasteiger partial charge on any atom is -0.311 e. The predicted octanol–water partition coefficient (Wildman–Crippen LogP) is 3.50. The van der Waals surface area contributed by atoms with Crippen molar-refractivity contribution in [3.63, 3.8) is 0 Å². The van der Waals surface area contributed by atoms with Crippen LogP contribution in [0, 0.1) is 0 Å². The highest BCUT2D eigenvalue weighted by Gasteiger charge is 2.36. The van der Waals surface area contributed by atoms with Gasteiger partial charge in [0.1, 0.15) is 10.0 Å². The van der Waals surface area contributed by atoms with E-state index < -0.39 is 5.92 Å². The van der Waals surface area contributed by atoms with Gasteiger partial charge in [-0.2, -0.15) is 0 Å². The van der Waals surface area contributed by atoms with E-state index in [1.165, 1.54) is 0 Å². The highest BCUT2D eigenvalue weighted by Crippen LogP contribution is 2.41. The van der Waals surface area contributed by atoms with Gasteiger partial charge in [-0.25, -0.2) is 8.78 Å². The van der Waals surface area contributed by atoms with Gasteiger partial charge in [-0.3, -0.25) is 0 Å². The Bertz CT molecular complexity index is 380. The van der Waals surface area contributed by atoms with Crippen molar-refractivity contribution in [3.8, 4) is 0 Å². The Morgan fingerprint density at radius 1 is 1.39 bits per heavy atom. The Balaban J connectivity index is 2.02. The molecule has 0 spiro atoms. The van der Waals surface area contributed by atoms with Gasteiger partial charge in [0, 0.05) is 18.8 Å². The first kappa shape index (κ1) is 13.8. The van der Waals surface area contributed by atoms with Crippen molar-refractivity contribution in [2.45, 2.75) is 56.9 Å².